The number of hydrogen-bond donors (Lipinski definition) is 1. The second-order valence-electron chi connectivity index (χ2n) is 5.76. The summed E-state index contributed by atoms with van der Waals surface area (Å²) in [7, 11) is 0. The molecule has 0 unspecified atom stereocenters. The van der Waals surface area contributed by atoms with Crippen molar-refractivity contribution in [3.8, 4) is 0 Å². The maximum absolute atomic E-state index is 10.7. The Labute approximate surface area is 110 Å². The lowest BCUT2D eigenvalue weighted by Crippen LogP contribution is -2.40. The van der Waals surface area contributed by atoms with Gasteiger partial charge in [0.05, 0.1) is 31.0 Å². The molecule has 2 atom stereocenters. The quantitative estimate of drug-likeness (QED) is 0.791. The summed E-state index contributed by atoms with van der Waals surface area (Å²) < 4.78 is 5.47. The van der Waals surface area contributed by atoms with Gasteiger partial charge in [-0.05, 0) is 19.3 Å². The Hall–Kier alpha value is -0.160. The zero-order valence-electron chi connectivity index (χ0n) is 11.7. The molecule has 4 heteroatoms. The van der Waals surface area contributed by atoms with Crippen molar-refractivity contribution < 1.29 is 14.7 Å². The van der Waals surface area contributed by atoms with E-state index in [1.54, 1.807) is 0 Å². The lowest BCUT2D eigenvalue weighted by molar-refractivity contribution is -0.204. The van der Waals surface area contributed by atoms with Gasteiger partial charge in [0.15, 0.2) is 0 Å². The van der Waals surface area contributed by atoms with Crippen LogP contribution in [0.25, 0.3) is 0 Å². The third kappa shape index (κ3) is 3.44. The van der Waals surface area contributed by atoms with Crippen LogP contribution >= 0.6 is 0 Å². The smallest absolute Gasteiger partial charge is 0.0837 e. The van der Waals surface area contributed by atoms with Crippen LogP contribution in [0.5, 0.6) is 0 Å². The van der Waals surface area contributed by atoms with Crippen molar-refractivity contribution in [1.29, 1.82) is 0 Å². The van der Waals surface area contributed by atoms with Gasteiger partial charge in [0.25, 0.3) is 0 Å². The maximum atomic E-state index is 10.7. The van der Waals surface area contributed by atoms with Gasteiger partial charge in [-0.25, -0.2) is 0 Å². The Balaban J connectivity index is 1.88. The van der Waals surface area contributed by atoms with Crippen LogP contribution in [-0.2, 0) is 9.57 Å². The third-order valence-corrected chi connectivity index (χ3v) is 4.03. The van der Waals surface area contributed by atoms with Crippen LogP contribution < -0.4 is 0 Å². The number of hydrogen-bond acceptors (Lipinski definition) is 4. The summed E-state index contributed by atoms with van der Waals surface area (Å²) in [5.41, 5.74) is -0.538. The first-order chi connectivity index (χ1) is 8.67. The minimum atomic E-state index is -0.538. The first-order valence-corrected chi connectivity index (χ1v) is 7.40. The van der Waals surface area contributed by atoms with E-state index in [1.807, 2.05) is 0 Å². The number of fused-ring (bicyclic) bond motifs is 1. The summed E-state index contributed by atoms with van der Waals surface area (Å²) in [4.78, 5) is 5.95. The minimum absolute atomic E-state index is 0.166. The minimum Gasteiger partial charge on any atom is -0.390 e. The molecule has 18 heavy (non-hydrogen) atoms. The molecule has 106 valence electrons. The fourth-order valence-corrected chi connectivity index (χ4v) is 3.31. The molecule has 1 N–H and O–H groups in total. The van der Waals surface area contributed by atoms with Crippen LogP contribution in [-0.4, -0.2) is 47.7 Å². The van der Waals surface area contributed by atoms with E-state index in [1.165, 1.54) is 0 Å². The van der Waals surface area contributed by atoms with Crippen molar-refractivity contribution in [3.63, 3.8) is 0 Å². The predicted octanol–water partition coefficient (Wildman–Crippen LogP) is 2.11. The Morgan fingerprint density at radius 2 is 2.00 bits per heavy atom. The maximum Gasteiger partial charge on any atom is 0.0837 e. The first kappa shape index (κ1) is 14.3. The van der Waals surface area contributed by atoms with E-state index >= 15 is 0 Å². The van der Waals surface area contributed by atoms with Gasteiger partial charge in [0.2, 0.25) is 0 Å². The largest absolute Gasteiger partial charge is 0.390 e. The summed E-state index contributed by atoms with van der Waals surface area (Å²) >= 11 is 0. The second-order valence-corrected chi connectivity index (χ2v) is 5.76. The summed E-state index contributed by atoms with van der Waals surface area (Å²) in [5.74, 6) is 0. The molecule has 0 spiro atoms. The van der Waals surface area contributed by atoms with Crippen molar-refractivity contribution >= 4 is 0 Å². The molecule has 2 aliphatic heterocycles. The van der Waals surface area contributed by atoms with Gasteiger partial charge in [-0.2, -0.15) is 5.06 Å². The van der Waals surface area contributed by atoms with Crippen LogP contribution in [0.15, 0.2) is 0 Å². The molecule has 2 fully saturated rings. The van der Waals surface area contributed by atoms with Crippen molar-refractivity contribution in [2.75, 3.05) is 19.8 Å². The molecule has 2 aliphatic rings. The van der Waals surface area contributed by atoms with E-state index in [-0.39, 0.29) is 6.10 Å². The Bertz CT molecular complexity index is 239. The first-order valence-electron chi connectivity index (χ1n) is 7.40. The van der Waals surface area contributed by atoms with Gasteiger partial charge in [0, 0.05) is 13.0 Å². The lowest BCUT2D eigenvalue weighted by atomic mass is 9.86. The molecule has 2 saturated heterocycles. The van der Waals surface area contributed by atoms with E-state index in [9.17, 15) is 5.11 Å². The van der Waals surface area contributed by atoms with E-state index in [0.717, 1.165) is 58.3 Å². The highest BCUT2D eigenvalue weighted by Gasteiger charge is 2.39. The van der Waals surface area contributed by atoms with Crippen molar-refractivity contribution in [3.05, 3.63) is 0 Å². The van der Waals surface area contributed by atoms with Gasteiger partial charge >= 0.3 is 0 Å². The fraction of sp³-hybridized carbons (Fsp3) is 1.00. The number of ether oxygens (including phenoxy) is 1. The number of rotatable bonds is 6. The van der Waals surface area contributed by atoms with Gasteiger partial charge in [0.1, 0.15) is 0 Å². The second kappa shape index (κ2) is 6.33. The molecule has 0 radical (unpaired) electrons. The van der Waals surface area contributed by atoms with Crippen molar-refractivity contribution in [1.82, 2.24) is 5.06 Å². The highest BCUT2D eigenvalue weighted by Crippen LogP contribution is 2.33. The SMILES string of the molecule is CCCC(O)(CCC)C[C@H]1C[C@H]2COCCN2O1. The van der Waals surface area contributed by atoms with E-state index in [0.29, 0.717) is 6.04 Å². The third-order valence-electron chi connectivity index (χ3n) is 4.03. The predicted molar refractivity (Wildman–Crippen MR) is 70.2 cm³/mol. The molecule has 0 aromatic rings. The molecule has 2 rings (SSSR count). The van der Waals surface area contributed by atoms with E-state index in [4.69, 9.17) is 9.57 Å². The average Bonchev–Trinajstić information content (AvgIpc) is 2.70. The number of aliphatic hydroxyl groups is 1. The number of hydroxylamine groups is 2. The van der Waals surface area contributed by atoms with E-state index < -0.39 is 5.60 Å². The normalized spacial score (nSPS) is 29.5. The van der Waals surface area contributed by atoms with E-state index in [2.05, 4.69) is 18.9 Å². The molecule has 0 bridgehead atoms. The molecule has 0 aliphatic carbocycles. The molecule has 0 aromatic heterocycles. The number of nitrogens with zero attached hydrogens (tertiary/aromatic N) is 1. The monoisotopic (exact) mass is 257 g/mol. The van der Waals surface area contributed by atoms with Crippen LogP contribution in [0, 0.1) is 0 Å². The Morgan fingerprint density at radius 3 is 2.61 bits per heavy atom. The van der Waals surface area contributed by atoms with Crippen LogP contribution in [0.2, 0.25) is 0 Å². The standard InChI is InChI=1S/C14H27NO3/c1-3-5-14(16,6-4-2)10-13-9-12-11-17-8-7-15(12)18-13/h12-13,16H,3-11H2,1-2H3/t12-,13+/m0/s1. The Morgan fingerprint density at radius 1 is 1.28 bits per heavy atom. The molecule has 2 heterocycles. The zero-order chi connectivity index (χ0) is 13.0. The van der Waals surface area contributed by atoms with Gasteiger partial charge < -0.3 is 9.84 Å². The highest BCUT2D eigenvalue weighted by atomic mass is 16.7. The van der Waals surface area contributed by atoms with Crippen molar-refractivity contribution in [2.24, 2.45) is 0 Å². The molecule has 0 aromatic carbocycles. The van der Waals surface area contributed by atoms with Crippen LogP contribution in [0.4, 0.5) is 0 Å². The van der Waals surface area contributed by atoms with Gasteiger partial charge in [-0.15, -0.1) is 0 Å². The summed E-state index contributed by atoms with van der Waals surface area (Å²) in [5, 5.41) is 12.7. The van der Waals surface area contributed by atoms with Gasteiger partial charge in [-0.1, -0.05) is 26.7 Å². The summed E-state index contributed by atoms with van der Waals surface area (Å²) in [6, 6.07) is 0.399. The molecule has 0 amide bonds. The zero-order valence-corrected chi connectivity index (χ0v) is 11.7. The molecular formula is C14H27NO3. The topological polar surface area (TPSA) is 41.9 Å². The number of morpholine rings is 1. The van der Waals surface area contributed by atoms with Crippen LogP contribution in [0.1, 0.15) is 52.4 Å². The lowest BCUT2D eigenvalue weighted by Gasteiger charge is -2.30. The average molecular weight is 257 g/mol. The highest BCUT2D eigenvalue weighted by molar-refractivity contribution is 4.87. The summed E-state index contributed by atoms with van der Waals surface area (Å²) in [6.07, 6.45) is 5.74. The van der Waals surface area contributed by atoms with Gasteiger partial charge in [-0.3, -0.25) is 4.84 Å². The Kier molecular flexibility index (Phi) is 5.01. The molecular weight excluding hydrogens is 230 g/mol. The summed E-state index contributed by atoms with van der Waals surface area (Å²) in [6.45, 7) is 6.66. The molecule has 0 saturated carbocycles. The van der Waals surface area contributed by atoms with Crippen LogP contribution in [0.3, 0.4) is 0 Å². The van der Waals surface area contributed by atoms with Crippen molar-refractivity contribution in [2.45, 2.75) is 70.1 Å². The fourth-order valence-electron chi connectivity index (χ4n) is 3.31. The molecule has 4 nitrogen and oxygen atoms in total.